The summed E-state index contributed by atoms with van der Waals surface area (Å²) >= 11 is 5.06. The molecule has 1 saturated carbocycles. The minimum atomic E-state index is 0.506. The van der Waals surface area contributed by atoms with Crippen molar-refractivity contribution in [3.05, 3.63) is 35.5 Å². The Bertz CT molecular complexity index is 453. The summed E-state index contributed by atoms with van der Waals surface area (Å²) in [5.41, 5.74) is 5.71. The SMILES string of the molecule is CC(=N[N-]C(=[SH+])NC1CCCC1)c1ccccn1.[Cl][Cu][Cl]. The molecule has 0 radical (unpaired) electrons. The normalized spacial score (nSPS) is 15.5. The number of hydrogen-bond acceptors (Lipinski definition) is 2. The molecule has 1 N–H and O–H groups in total. The summed E-state index contributed by atoms with van der Waals surface area (Å²) in [7, 11) is 9.34. The van der Waals surface area contributed by atoms with Crippen molar-refractivity contribution in [3.63, 3.8) is 0 Å². The molecule has 1 aliphatic carbocycles. The van der Waals surface area contributed by atoms with Crippen LogP contribution < -0.4 is 5.32 Å². The molecule has 0 spiro atoms. The zero-order chi connectivity index (χ0) is 15.5. The quantitative estimate of drug-likeness (QED) is 0.212. The molecule has 4 nitrogen and oxygen atoms in total. The fourth-order valence-corrected chi connectivity index (χ4v) is 2.26. The number of aromatic nitrogens is 1. The van der Waals surface area contributed by atoms with Gasteiger partial charge in [-0.15, -0.1) is 0 Å². The van der Waals surface area contributed by atoms with Gasteiger partial charge in [0.1, 0.15) is 0 Å². The second-order valence-corrected chi connectivity index (χ2v) is 6.47. The maximum absolute atomic E-state index is 4.67. The topological polar surface area (TPSA) is 51.4 Å². The van der Waals surface area contributed by atoms with Crippen LogP contribution in [0.15, 0.2) is 29.5 Å². The van der Waals surface area contributed by atoms with Gasteiger partial charge in [0.15, 0.2) is 17.3 Å². The van der Waals surface area contributed by atoms with E-state index in [4.69, 9.17) is 0 Å². The molecule has 1 aliphatic rings. The van der Waals surface area contributed by atoms with E-state index in [0.717, 1.165) is 24.5 Å². The summed E-state index contributed by atoms with van der Waals surface area (Å²) in [6.07, 6.45) is 6.71. The minimum absolute atomic E-state index is 0.506. The van der Waals surface area contributed by atoms with E-state index in [2.05, 4.69) is 53.2 Å². The molecule has 0 aromatic carbocycles. The molecule has 21 heavy (non-hydrogen) atoms. The van der Waals surface area contributed by atoms with Crippen LogP contribution in [0.25, 0.3) is 5.43 Å². The summed E-state index contributed by atoms with van der Waals surface area (Å²) in [5.74, 6) is 0. The summed E-state index contributed by atoms with van der Waals surface area (Å²) in [4.78, 5) is 4.21. The van der Waals surface area contributed by atoms with Gasteiger partial charge in [0.25, 0.3) is 0 Å². The van der Waals surface area contributed by atoms with Gasteiger partial charge in [0, 0.05) is 18.0 Å². The van der Waals surface area contributed by atoms with E-state index in [1.807, 2.05) is 25.1 Å². The summed E-state index contributed by atoms with van der Waals surface area (Å²) in [6, 6.07) is 6.23. The van der Waals surface area contributed by atoms with E-state index in [1.54, 1.807) is 6.20 Å². The van der Waals surface area contributed by atoms with Gasteiger partial charge in [-0.2, -0.15) is 0 Å². The zero-order valence-corrected chi connectivity index (χ0v) is 14.9. The third-order valence-corrected chi connectivity index (χ3v) is 3.24. The van der Waals surface area contributed by atoms with Crippen LogP contribution in [-0.4, -0.2) is 21.8 Å². The molecular weight excluding hydrogens is 379 g/mol. The van der Waals surface area contributed by atoms with Crippen LogP contribution in [0.2, 0.25) is 0 Å². The summed E-state index contributed by atoms with van der Waals surface area (Å²) in [6.45, 7) is 1.89. The number of nitrogens with zero attached hydrogens (tertiary/aromatic N) is 3. The second kappa shape index (κ2) is 11.4. The van der Waals surface area contributed by atoms with Crippen LogP contribution in [0.1, 0.15) is 38.3 Å². The van der Waals surface area contributed by atoms with Gasteiger partial charge in [-0.1, -0.05) is 18.9 Å². The molecule has 1 fully saturated rings. The molecule has 0 amide bonds. The van der Waals surface area contributed by atoms with Crippen molar-refractivity contribution in [2.75, 3.05) is 0 Å². The van der Waals surface area contributed by atoms with Gasteiger partial charge < -0.3 is 10.5 Å². The van der Waals surface area contributed by atoms with Crippen molar-refractivity contribution >= 4 is 43.2 Å². The summed E-state index contributed by atoms with van der Waals surface area (Å²) < 4.78 is 0. The Morgan fingerprint density at radius 3 is 2.67 bits per heavy atom. The first-order valence-electron chi connectivity index (χ1n) is 6.47. The number of rotatable bonds is 3. The predicted octanol–water partition coefficient (Wildman–Crippen LogP) is 3.45. The molecule has 1 aromatic heterocycles. The van der Waals surface area contributed by atoms with E-state index in [-0.39, 0.29) is 0 Å². The Kier molecular flexibility index (Phi) is 10.2. The van der Waals surface area contributed by atoms with E-state index in [1.165, 1.54) is 25.7 Å². The van der Waals surface area contributed by atoms with Crippen molar-refractivity contribution in [1.82, 2.24) is 10.3 Å². The first kappa shape index (κ1) is 18.8. The third-order valence-electron chi connectivity index (χ3n) is 3.02. The number of nitrogens with one attached hydrogen (secondary N) is 1. The zero-order valence-electron chi connectivity index (χ0n) is 11.6. The molecule has 1 heterocycles. The molecule has 0 bridgehead atoms. The van der Waals surface area contributed by atoms with Crippen molar-refractivity contribution in [3.8, 4) is 0 Å². The molecule has 0 aliphatic heterocycles. The second-order valence-electron chi connectivity index (χ2n) is 4.49. The maximum atomic E-state index is 4.67. The first-order valence-corrected chi connectivity index (χ1v) is 9.51. The molecule has 8 heteroatoms. The van der Waals surface area contributed by atoms with Gasteiger partial charge >= 0.3 is 33.3 Å². The fraction of sp³-hybridized carbons (Fsp3) is 0.462. The van der Waals surface area contributed by atoms with Crippen molar-refractivity contribution in [2.45, 2.75) is 38.6 Å². The van der Waals surface area contributed by atoms with Gasteiger partial charge in [0.2, 0.25) is 0 Å². The molecule has 0 atom stereocenters. The van der Waals surface area contributed by atoms with Crippen LogP contribution in [0.5, 0.6) is 0 Å². The molecular formula is C13H18Cl2CuN4S. The van der Waals surface area contributed by atoms with Crippen molar-refractivity contribution in [2.24, 2.45) is 5.10 Å². The Hall–Kier alpha value is -0.231. The molecule has 0 unspecified atom stereocenters. The fourth-order valence-electron chi connectivity index (χ4n) is 2.03. The van der Waals surface area contributed by atoms with Crippen molar-refractivity contribution in [1.29, 1.82) is 0 Å². The Morgan fingerprint density at radius 2 is 2.10 bits per heavy atom. The van der Waals surface area contributed by atoms with Crippen LogP contribution in [0.4, 0.5) is 0 Å². The Balaban J connectivity index is 0.000000677. The molecule has 121 valence electrons. The number of hydrogen-bond donors (Lipinski definition) is 1. The van der Waals surface area contributed by atoms with Gasteiger partial charge in [0.05, 0.1) is 5.69 Å². The summed E-state index contributed by atoms with van der Waals surface area (Å²) in [5, 5.41) is 7.99. The van der Waals surface area contributed by atoms with Gasteiger partial charge in [-0.25, -0.2) is 0 Å². The van der Waals surface area contributed by atoms with E-state index in [9.17, 15) is 0 Å². The van der Waals surface area contributed by atoms with Crippen LogP contribution in [0, 0.1) is 0 Å². The van der Waals surface area contributed by atoms with Gasteiger partial charge in [-0.05, 0) is 31.9 Å². The van der Waals surface area contributed by atoms with Crippen LogP contribution in [0.3, 0.4) is 0 Å². The number of thiol groups is 1. The standard InChI is InChI=1S/C13H18N4S.2ClH.Cu/c1-10(12-8-4-5-9-14-12)16-17-13(18)15-11-6-2-3-7-11;;;/h4-5,8-9,11H,2-3,6-7H2,1H3,(H2,14,15,17,18);2*1H;/q;;;+2/p-2. The van der Waals surface area contributed by atoms with E-state index >= 15 is 0 Å². The average molecular weight is 397 g/mol. The average Bonchev–Trinajstić information content (AvgIpc) is 2.99. The molecule has 1 aromatic rings. The third kappa shape index (κ3) is 8.09. The van der Waals surface area contributed by atoms with E-state index < -0.39 is 0 Å². The first-order chi connectivity index (χ1) is 10.2. The number of pyridine rings is 1. The van der Waals surface area contributed by atoms with Crippen LogP contribution >= 0.6 is 20.2 Å². The number of halogens is 2. The van der Waals surface area contributed by atoms with E-state index in [0.29, 0.717) is 11.2 Å². The monoisotopic (exact) mass is 395 g/mol. The molecule has 2 rings (SSSR count). The molecule has 0 saturated heterocycles. The van der Waals surface area contributed by atoms with Gasteiger partial charge in [-0.3, -0.25) is 10.3 Å². The predicted molar refractivity (Wildman–Crippen MR) is 90.7 cm³/mol. The van der Waals surface area contributed by atoms with Crippen molar-refractivity contribution < 1.29 is 13.1 Å². The van der Waals surface area contributed by atoms with Crippen LogP contribution in [-0.2, 0) is 25.4 Å². The Labute approximate surface area is 145 Å². The Morgan fingerprint density at radius 1 is 1.43 bits per heavy atom.